The molecular formula is C14H18F2N2O2. The van der Waals surface area contributed by atoms with E-state index in [2.05, 4.69) is 5.32 Å². The van der Waals surface area contributed by atoms with Gasteiger partial charge in [-0.15, -0.1) is 0 Å². The van der Waals surface area contributed by atoms with E-state index in [0.717, 1.165) is 12.1 Å². The summed E-state index contributed by atoms with van der Waals surface area (Å²) in [7, 11) is 0. The fraction of sp³-hybridized carbons (Fsp3) is 0.429. The van der Waals surface area contributed by atoms with Gasteiger partial charge < -0.3 is 11.1 Å². The zero-order chi connectivity index (χ0) is 15.3. The molecule has 0 saturated heterocycles. The molecule has 0 spiro atoms. The molecule has 110 valence electrons. The molecule has 1 aromatic carbocycles. The summed E-state index contributed by atoms with van der Waals surface area (Å²) in [6.07, 6.45) is -0.214. The minimum absolute atomic E-state index is 0.0704. The Morgan fingerprint density at radius 2 is 1.90 bits per heavy atom. The predicted octanol–water partition coefficient (Wildman–Crippen LogP) is 1.78. The van der Waals surface area contributed by atoms with Gasteiger partial charge in [-0.3, -0.25) is 9.59 Å². The lowest BCUT2D eigenvalue weighted by atomic mass is 10.0. The molecule has 0 saturated carbocycles. The topological polar surface area (TPSA) is 72.2 Å². The van der Waals surface area contributed by atoms with Gasteiger partial charge in [-0.2, -0.15) is 0 Å². The van der Waals surface area contributed by atoms with E-state index in [-0.39, 0.29) is 30.9 Å². The molecule has 0 fully saturated rings. The van der Waals surface area contributed by atoms with Crippen LogP contribution in [0, 0.1) is 11.6 Å². The number of nitrogens with one attached hydrogen (secondary N) is 1. The number of halogens is 2. The van der Waals surface area contributed by atoms with Crippen LogP contribution in [0.4, 0.5) is 8.78 Å². The smallest absolute Gasteiger partial charge is 0.220 e. The Hall–Kier alpha value is -1.82. The normalized spacial score (nSPS) is 11.2. The van der Waals surface area contributed by atoms with Crippen LogP contribution in [0.25, 0.3) is 0 Å². The summed E-state index contributed by atoms with van der Waals surface area (Å²) in [4.78, 5) is 23.4. The minimum atomic E-state index is -0.919. The third-order valence-electron chi connectivity index (χ3n) is 2.80. The van der Waals surface area contributed by atoms with Crippen molar-refractivity contribution in [2.24, 2.45) is 5.73 Å². The SMILES string of the molecule is CC(C)(CN)NC(=O)CCC(=O)c1ccc(F)cc1F. The number of hydrogen-bond donors (Lipinski definition) is 2. The van der Waals surface area contributed by atoms with Gasteiger partial charge in [0.1, 0.15) is 11.6 Å². The first-order valence-electron chi connectivity index (χ1n) is 6.24. The monoisotopic (exact) mass is 284 g/mol. The van der Waals surface area contributed by atoms with Crippen molar-refractivity contribution in [3.8, 4) is 0 Å². The number of ketones is 1. The first kappa shape index (κ1) is 16.2. The molecule has 3 N–H and O–H groups in total. The molecule has 4 nitrogen and oxygen atoms in total. The maximum absolute atomic E-state index is 13.4. The lowest BCUT2D eigenvalue weighted by molar-refractivity contribution is -0.122. The van der Waals surface area contributed by atoms with E-state index in [0.29, 0.717) is 6.07 Å². The second-order valence-corrected chi connectivity index (χ2v) is 5.18. The van der Waals surface area contributed by atoms with Gasteiger partial charge >= 0.3 is 0 Å². The molecule has 0 bridgehead atoms. The lowest BCUT2D eigenvalue weighted by Gasteiger charge is -2.24. The van der Waals surface area contributed by atoms with Crippen LogP contribution in [-0.4, -0.2) is 23.8 Å². The Bertz CT molecular complexity index is 516. The molecule has 1 amide bonds. The largest absolute Gasteiger partial charge is 0.350 e. The predicted molar refractivity (Wildman–Crippen MR) is 71.2 cm³/mol. The van der Waals surface area contributed by atoms with Gasteiger partial charge in [0.15, 0.2) is 5.78 Å². The number of nitrogens with two attached hydrogens (primary N) is 1. The summed E-state index contributed by atoms with van der Waals surface area (Å²) in [6.45, 7) is 3.78. The summed E-state index contributed by atoms with van der Waals surface area (Å²) in [5.41, 5.74) is 4.70. The van der Waals surface area contributed by atoms with Crippen LogP contribution in [0.15, 0.2) is 18.2 Å². The van der Waals surface area contributed by atoms with Crippen molar-refractivity contribution < 1.29 is 18.4 Å². The molecular weight excluding hydrogens is 266 g/mol. The minimum Gasteiger partial charge on any atom is -0.350 e. The lowest BCUT2D eigenvalue weighted by Crippen LogP contribution is -2.48. The average molecular weight is 284 g/mol. The maximum Gasteiger partial charge on any atom is 0.220 e. The van der Waals surface area contributed by atoms with Crippen LogP contribution >= 0.6 is 0 Å². The molecule has 0 radical (unpaired) electrons. The highest BCUT2D eigenvalue weighted by Gasteiger charge is 2.19. The molecule has 0 aromatic heterocycles. The molecule has 0 aliphatic rings. The zero-order valence-corrected chi connectivity index (χ0v) is 11.5. The second-order valence-electron chi connectivity index (χ2n) is 5.18. The van der Waals surface area contributed by atoms with Crippen LogP contribution in [0.2, 0.25) is 0 Å². The molecule has 1 rings (SSSR count). The van der Waals surface area contributed by atoms with Crippen molar-refractivity contribution in [1.29, 1.82) is 0 Å². The number of carbonyl (C=O) groups excluding carboxylic acids is 2. The first-order valence-corrected chi connectivity index (χ1v) is 6.24. The number of benzene rings is 1. The second kappa shape index (κ2) is 6.56. The molecule has 0 aliphatic carbocycles. The van der Waals surface area contributed by atoms with Crippen molar-refractivity contribution in [3.05, 3.63) is 35.4 Å². The fourth-order valence-corrected chi connectivity index (χ4v) is 1.57. The fourth-order valence-electron chi connectivity index (χ4n) is 1.57. The summed E-state index contributed by atoms with van der Waals surface area (Å²) >= 11 is 0. The zero-order valence-electron chi connectivity index (χ0n) is 11.5. The van der Waals surface area contributed by atoms with Crippen LogP contribution in [0.3, 0.4) is 0 Å². The number of amides is 1. The van der Waals surface area contributed by atoms with Gasteiger partial charge in [0.25, 0.3) is 0 Å². The average Bonchev–Trinajstić information content (AvgIpc) is 2.35. The summed E-state index contributed by atoms with van der Waals surface area (Å²) in [5, 5.41) is 2.67. The van der Waals surface area contributed by atoms with E-state index in [4.69, 9.17) is 5.73 Å². The van der Waals surface area contributed by atoms with E-state index in [9.17, 15) is 18.4 Å². The molecule has 0 unspecified atom stereocenters. The Morgan fingerprint density at radius 1 is 1.25 bits per heavy atom. The van der Waals surface area contributed by atoms with Gasteiger partial charge in [0.05, 0.1) is 5.56 Å². The van der Waals surface area contributed by atoms with E-state index in [1.54, 1.807) is 13.8 Å². The summed E-state index contributed by atoms with van der Waals surface area (Å²) in [5.74, 6) is -2.54. The van der Waals surface area contributed by atoms with Gasteiger partial charge in [-0.1, -0.05) is 0 Å². The Kier molecular flexibility index (Phi) is 5.33. The van der Waals surface area contributed by atoms with E-state index in [1.807, 2.05) is 0 Å². The summed E-state index contributed by atoms with van der Waals surface area (Å²) in [6, 6.07) is 2.73. The van der Waals surface area contributed by atoms with Gasteiger partial charge in [0.2, 0.25) is 5.91 Å². The van der Waals surface area contributed by atoms with Gasteiger partial charge in [0, 0.05) is 31.0 Å². The van der Waals surface area contributed by atoms with Gasteiger partial charge in [-0.05, 0) is 26.0 Å². The summed E-state index contributed by atoms with van der Waals surface area (Å²) < 4.78 is 26.1. The highest BCUT2D eigenvalue weighted by Crippen LogP contribution is 2.13. The molecule has 20 heavy (non-hydrogen) atoms. The standard InChI is InChI=1S/C14H18F2N2O2/c1-14(2,8-17)18-13(20)6-5-12(19)10-4-3-9(15)7-11(10)16/h3-4,7H,5-6,8,17H2,1-2H3,(H,18,20). The van der Waals surface area contributed by atoms with Crippen molar-refractivity contribution >= 4 is 11.7 Å². The molecule has 0 aliphatic heterocycles. The molecule has 0 heterocycles. The van der Waals surface area contributed by atoms with E-state index < -0.39 is 23.0 Å². The van der Waals surface area contributed by atoms with Crippen molar-refractivity contribution in [2.45, 2.75) is 32.2 Å². The van der Waals surface area contributed by atoms with Crippen LogP contribution in [-0.2, 0) is 4.79 Å². The number of carbonyl (C=O) groups is 2. The third-order valence-corrected chi connectivity index (χ3v) is 2.80. The van der Waals surface area contributed by atoms with Crippen molar-refractivity contribution in [3.63, 3.8) is 0 Å². The maximum atomic E-state index is 13.4. The Morgan fingerprint density at radius 3 is 2.45 bits per heavy atom. The molecule has 6 heteroatoms. The molecule has 1 aromatic rings. The first-order chi connectivity index (χ1) is 9.25. The van der Waals surface area contributed by atoms with E-state index >= 15 is 0 Å². The number of rotatable bonds is 6. The molecule has 0 atom stereocenters. The Labute approximate surface area is 116 Å². The third kappa shape index (κ3) is 4.70. The highest BCUT2D eigenvalue weighted by molar-refractivity contribution is 5.98. The van der Waals surface area contributed by atoms with Gasteiger partial charge in [-0.25, -0.2) is 8.78 Å². The van der Waals surface area contributed by atoms with Crippen molar-refractivity contribution in [1.82, 2.24) is 5.32 Å². The highest BCUT2D eigenvalue weighted by atomic mass is 19.1. The van der Waals surface area contributed by atoms with Crippen LogP contribution in [0.5, 0.6) is 0 Å². The number of Topliss-reactive ketones (excluding diaryl/α,β-unsaturated/α-hetero) is 1. The Balaban J connectivity index is 2.57. The number of hydrogen-bond acceptors (Lipinski definition) is 3. The van der Waals surface area contributed by atoms with E-state index in [1.165, 1.54) is 0 Å². The van der Waals surface area contributed by atoms with Crippen molar-refractivity contribution in [2.75, 3.05) is 6.54 Å². The van der Waals surface area contributed by atoms with Crippen LogP contribution < -0.4 is 11.1 Å². The quantitative estimate of drug-likeness (QED) is 0.782. The van der Waals surface area contributed by atoms with Crippen LogP contribution in [0.1, 0.15) is 37.0 Å².